The predicted octanol–water partition coefficient (Wildman–Crippen LogP) is 0.0952. The number of hydrogen-bond donors (Lipinski definition) is 3. The van der Waals surface area contributed by atoms with E-state index in [1.807, 2.05) is 20.8 Å². The summed E-state index contributed by atoms with van der Waals surface area (Å²) < 4.78 is 4.95. The van der Waals surface area contributed by atoms with Gasteiger partial charge in [-0.3, -0.25) is 0 Å². The molecule has 0 aliphatic heterocycles. The number of aliphatic hydroxyl groups excluding tert-OH is 3. The van der Waals surface area contributed by atoms with Crippen LogP contribution in [-0.2, 0) is 9.53 Å². The lowest BCUT2D eigenvalue weighted by Crippen LogP contribution is -2.40. The van der Waals surface area contributed by atoms with Gasteiger partial charge in [0.05, 0.1) is 25.2 Å². The molecule has 0 rings (SSSR count). The molecule has 0 radical (unpaired) electrons. The zero-order valence-electron chi connectivity index (χ0n) is 10.7. The second-order valence-corrected chi connectivity index (χ2v) is 5.28. The number of ether oxygens (including phenoxy) is 1. The number of aliphatic hydroxyl groups is 3. The summed E-state index contributed by atoms with van der Waals surface area (Å²) in [4.78, 5) is 11.6. The Hall–Kier alpha value is -0.910. The number of carbonyl (C=O) groups is 1. The Kier molecular flexibility index (Phi) is 5.81. The smallest absolute Gasteiger partial charge is 0.333 e. The summed E-state index contributed by atoms with van der Waals surface area (Å²) in [6, 6.07) is 0. The Bertz CT molecular complexity index is 265. The highest BCUT2D eigenvalue weighted by Gasteiger charge is 2.31. The van der Waals surface area contributed by atoms with Crippen LogP contribution in [0.25, 0.3) is 0 Å². The molecule has 0 unspecified atom stereocenters. The standard InChI is InChI=1S/C12H22O5/c1-9(11(2,3)4)10(16)17-8-12(5-13,6-14)7-15/h13-15H,1,5-8H2,2-4H3. The number of rotatable bonds is 6. The number of carbonyl (C=O) groups excluding carboxylic acids is 1. The monoisotopic (exact) mass is 246 g/mol. The van der Waals surface area contributed by atoms with Gasteiger partial charge in [-0.25, -0.2) is 4.79 Å². The average molecular weight is 246 g/mol. The van der Waals surface area contributed by atoms with Gasteiger partial charge in [0.1, 0.15) is 6.61 Å². The van der Waals surface area contributed by atoms with E-state index in [1.165, 1.54) is 0 Å². The summed E-state index contributed by atoms with van der Waals surface area (Å²) in [5, 5.41) is 27.2. The average Bonchev–Trinajstić information content (AvgIpc) is 2.29. The summed E-state index contributed by atoms with van der Waals surface area (Å²) in [5.41, 5.74) is -1.30. The van der Waals surface area contributed by atoms with Crippen LogP contribution in [0.15, 0.2) is 12.2 Å². The third-order valence-corrected chi connectivity index (χ3v) is 2.67. The van der Waals surface area contributed by atoms with Crippen molar-refractivity contribution in [3.63, 3.8) is 0 Å². The summed E-state index contributed by atoms with van der Waals surface area (Å²) >= 11 is 0. The zero-order valence-corrected chi connectivity index (χ0v) is 10.7. The maximum atomic E-state index is 11.6. The molecule has 17 heavy (non-hydrogen) atoms. The van der Waals surface area contributed by atoms with Crippen molar-refractivity contribution in [2.24, 2.45) is 10.8 Å². The minimum absolute atomic E-state index is 0.246. The fraction of sp³-hybridized carbons (Fsp3) is 0.750. The van der Waals surface area contributed by atoms with Crippen molar-refractivity contribution in [2.75, 3.05) is 26.4 Å². The van der Waals surface area contributed by atoms with E-state index in [-0.39, 0.29) is 6.61 Å². The molecule has 0 aliphatic carbocycles. The van der Waals surface area contributed by atoms with Gasteiger partial charge in [-0.05, 0) is 5.41 Å². The van der Waals surface area contributed by atoms with E-state index in [2.05, 4.69) is 6.58 Å². The Balaban J connectivity index is 4.47. The normalized spacial score (nSPS) is 12.4. The van der Waals surface area contributed by atoms with Crippen LogP contribution in [0.2, 0.25) is 0 Å². The molecule has 0 aromatic carbocycles. The van der Waals surface area contributed by atoms with Gasteiger partial charge >= 0.3 is 5.97 Å². The van der Waals surface area contributed by atoms with Crippen molar-refractivity contribution in [1.29, 1.82) is 0 Å². The molecule has 0 aliphatic rings. The molecule has 0 atom stereocenters. The SMILES string of the molecule is C=C(C(=O)OCC(CO)(CO)CO)C(C)(C)C. The van der Waals surface area contributed by atoms with Crippen LogP contribution in [0.3, 0.4) is 0 Å². The lowest BCUT2D eigenvalue weighted by atomic mass is 9.87. The van der Waals surface area contributed by atoms with E-state index in [4.69, 9.17) is 20.1 Å². The van der Waals surface area contributed by atoms with Crippen LogP contribution in [-0.4, -0.2) is 47.7 Å². The van der Waals surface area contributed by atoms with E-state index in [9.17, 15) is 4.79 Å². The van der Waals surface area contributed by atoms with Gasteiger partial charge in [0.15, 0.2) is 0 Å². The van der Waals surface area contributed by atoms with Gasteiger partial charge in [0.25, 0.3) is 0 Å². The first-order valence-corrected chi connectivity index (χ1v) is 5.41. The lowest BCUT2D eigenvalue weighted by molar-refractivity contribution is -0.147. The van der Waals surface area contributed by atoms with Crippen LogP contribution in [0.5, 0.6) is 0 Å². The van der Waals surface area contributed by atoms with Crippen molar-refractivity contribution < 1.29 is 24.9 Å². The third-order valence-electron chi connectivity index (χ3n) is 2.67. The van der Waals surface area contributed by atoms with E-state index in [0.717, 1.165) is 0 Å². The van der Waals surface area contributed by atoms with E-state index in [0.29, 0.717) is 5.57 Å². The highest BCUT2D eigenvalue weighted by atomic mass is 16.5. The Morgan fingerprint density at radius 1 is 1.12 bits per heavy atom. The van der Waals surface area contributed by atoms with Crippen LogP contribution >= 0.6 is 0 Å². The van der Waals surface area contributed by atoms with Crippen LogP contribution in [0.1, 0.15) is 20.8 Å². The van der Waals surface area contributed by atoms with Crippen LogP contribution < -0.4 is 0 Å². The maximum absolute atomic E-state index is 11.6. The van der Waals surface area contributed by atoms with Gasteiger partial charge < -0.3 is 20.1 Å². The minimum atomic E-state index is -1.20. The second kappa shape index (κ2) is 6.14. The topological polar surface area (TPSA) is 87.0 Å². The Morgan fingerprint density at radius 2 is 1.53 bits per heavy atom. The molecule has 0 spiro atoms. The molecule has 5 nitrogen and oxygen atoms in total. The van der Waals surface area contributed by atoms with E-state index < -0.39 is 36.6 Å². The van der Waals surface area contributed by atoms with Crippen molar-refractivity contribution in [1.82, 2.24) is 0 Å². The predicted molar refractivity (Wildman–Crippen MR) is 63.2 cm³/mol. The molecule has 0 aromatic rings. The molecule has 0 aromatic heterocycles. The molecule has 0 saturated heterocycles. The van der Waals surface area contributed by atoms with E-state index in [1.54, 1.807) is 0 Å². The third kappa shape index (κ3) is 4.46. The molecule has 0 amide bonds. The molecule has 0 bridgehead atoms. The first-order chi connectivity index (χ1) is 7.72. The highest BCUT2D eigenvalue weighted by molar-refractivity contribution is 5.89. The Labute approximate surface area is 102 Å². The van der Waals surface area contributed by atoms with E-state index >= 15 is 0 Å². The van der Waals surface area contributed by atoms with Crippen molar-refractivity contribution in [3.8, 4) is 0 Å². The summed E-state index contributed by atoms with van der Waals surface area (Å²) in [6.45, 7) is 7.49. The van der Waals surface area contributed by atoms with Crippen molar-refractivity contribution >= 4 is 5.97 Å². The molecule has 0 heterocycles. The molecule has 0 saturated carbocycles. The van der Waals surface area contributed by atoms with Crippen LogP contribution in [0.4, 0.5) is 0 Å². The molecule has 5 heteroatoms. The largest absolute Gasteiger partial charge is 0.461 e. The van der Waals surface area contributed by atoms with Crippen LogP contribution in [0, 0.1) is 10.8 Å². The number of hydrogen-bond acceptors (Lipinski definition) is 5. The molecular weight excluding hydrogens is 224 g/mol. The molecule has 0 fully saturated rings. The highest BCUT2D eigenvalue weighted by Crippen LogP contribution is 2.25. The van der Waals surface area contributed by atoms with Gasteiger partial charge in [0, 0.05) is 5.57 Å². The van der Waals surface area contributed by atoms with Gasteiger partial charge in [0.2, 0.25) is 0 Å². The van der Waals surface area contributed by atoms with Gasteiger partial charge in [-0.1, -0.05) is 27.4 Å². The fourth-order valence-electron chi connectivity index (χ4n) is 0.899. The second-order valence-electron chi connectivity index (χ2n) is 5.28. The quantitative estimate of drug-likeness (QED) is 0.457. The summed E-state index contributed by atoms with van der Waals surface area (Å²) in [6.07, 6.45) is 0. The minimum Gasteiger partial charge on any atom is -0.461 e. The van der Waals surface area contributed by atoms with Crippen molar-refractivity contribution in [3.05, 3.63) is 12.2 Å². The summed E-state index contributed by atoms with van der Waals surface area (Å²) in [5.74, 6) is -0.586. The zero-order chi connectivity index (χ0) is 13.7. The molecular formula is C12H22O5. The summed E-state index contributed by atoms with van der Waals surface area (Å²) in [7, 11) is 0. The molecule has 100 valence electrons. The van der Waals surface area contributed by atoms with Crippen molar-refractivity contribution in [2.45, 2.75) is 20.8 Å². The lowest BCUT2D eigenvalue weighted by Gasteiger charge is -2.28. The molecule has 3 N–H and O–H groups in total. The number of esters is 1. The first-order valence-electron chi connectivity index (χ1n) is 5.41. The van der Waals surface area contributed by atoms with Gasteiger partial charge in [-0.2, -0.15) is 0 Å². The first kappa shape index (κ1) is 16.1. The fourth-order valence-corrected chi connectivity index (χ4v) is 0.899. The maximum Gasteiger partial charge on any atom is 0.333 e. The van der Waals surface area contributed by atoms with Gasteiger partial charge in [-0.15, -0.1) is 0 Å². The Morgan fingerprint density at radius 3 is 1.82 bits per heavy atom.